The molecule has 5 atom stereocenters. The molecule has 1 heterocycles. The van der Waals surface area contributed by atoms with Crippen LogP contribution in [0.1, 0.15) is 25.7 Å². The number of aliphatic carboxylic acids is 1. The normalized spacial score (nSPS) is 46.5. The van der Waals surface area contributed by atoms with Gasteiger partial charge >= 0.3 is 5.97 Å². The van der Waals surface area contributed by atoms with Crippen LogP contribution in [0.25, 0.3) is 0 Å². The summed E-state index contributed by atoms with van der Waals surface area (Å²) < 4.78 is 0. The first-order valence-corrected chi connectivity index (χ1v) is 7.22. The number of hydrogen-bond donors (Lipinski definition) is 1. The van der Waals surface area contributed by atoms with Crippen LogP contribution in [0.3, 0.4) is 0 Å². The maximum absolute atomic E-state index is 11.1. The minimum atomic E-state index is -0.572. The number of thioether (sulfide) groups is 1. The zero-order valence-corrected chi connectivity index (χ0v) is 10.2. The van der Waals surface area contributed by atoms with Gasteiger partial charge in [-0.15, -0.1) is 0 Å². The van der Waals surface area contributed by atoms with Gasteiger partial charge in [-0.2, -0.15) is 11.8 Å². The third-order valence-corrected chi connectivity index (χ3v) is 6.38. The molecule has 3 aliphatic rings. The Morgan fingerprint density at radius 1 is 1.31 bits per heavy atom. The number of carboxylic acids is 1. The summed E-state index contributed by atoms with van der Waals surface area (Å²) in [4.78, 5) is 11.1. The van der Waals surface area contributed by atoms with Crippen LogP contribution in [0.2, 0.25) is 0 Å². The molecule has 16 heavy (non-hydrogen) atoms. The van der Waals surface area contributed by atoms with Crippen molar-refractivity contribution in [3.8, 4) is 0 Å². The van der Waals surface area contributed by atoms with E-state index in [1.807, 2.05) is 11.8 Å². The first kappa shape index (κ1) is 10.7. The maximum Gasteiger partial charge on any atom is 0.306 e. The van der Waals surface area contributed by atoms with Crippen molar-refractivity contribution >= 4 is 17.7 Å². The molecular weight excluding hydrogens is 220 g/mol. The molecule has 3 fully saturated rings. The molecule has 0 aromatic heterocycles. The Bertz CT molecular complexity index is 339. The monoisotopic (exact) mass is 238 g/mol. The molecule has 88 valence electrons. The van der Waals surface area contributed by atoms with Crippen molar-refractivity contribution in [2.45, 2.75) is 30.9 Å². The van der Waals surface area contributed by atoms with E-state index in [2.05, 4.69) is 6.58 Å². The van der Waals surface area contributed by atoms with Gasteiger partial charge in [0.2, 0.25) is 0 Å². The van der Waals surface area contributed by atoms with Crippen LogP contribution in [0.4, 0.5) is 0 Å². The predicted octanol–water partition coefficient (Wildman–Crippen LogP) is 2.80. The van der Waals surface area contributed by atoms with Gasteiger partial charge in [0.25, 0.3) is 0 Å². The van der Waals surface area contributed by atoms with Crippen LogP contribution in [0, 0.1) is 23.7 Å². The van der Waals surface area contributed by atoms with Crippen LogP contribution >= 0.6 is 11.8 Å². The summed E-state index contributed by atoms with van der Waals surface area (Å²) in [7, 11) is 0. The summed E-state index contributed by atoms with van der Waals surface area (Å²) in [5.74, 6) is 2.60. The smallest absolute Gasteiger partial charge is 0.306 e. The molecule has 2 aliphatic carbocycles. The number of allylic oxidation sites excluding steroid dienone is 1. The predicted molar refractivity (Wildman–Crippen MR) is 65.4 cm³/mol. The lowest BCUT2D eigenvalue weighted by atomic mass is 9.68. The molecular formula is C13H18O2S. The van der Waals surface area contributed by atoms with Crippen LogP contribution in [0.15, 0.2) is 12.2 Å². The van der Waals surface area contributed by atoms with Gasteiger partial charge in [0.15, 0.2) is 0 Å². The number of rotatable bonds is 2. The lowest BCUT2D eigenvalue weighted by molar-refractivity contribution is -0.148. The molecule has 0 radical (unpaired) electrons. The summed E-state index contributed by atoms with van der Waals surface area (Å²) in [5.41, 5.74) is 1.39. The quantitative estimate of drug-likeness (QED) is 0.752. The van der Waals surface area contributed by atoms with Crippen molar-refractivity contribution in [3.63, 3.8) is 0 Å². The third-order valence-electron chi connectivity index (χ3n) is 4.67. The van der Waals surface area contributed by atoms with Gasteiger partial charge in [-0.05, 0) is 49.2 Å². The Morgan fingerprint density at radius 2 is 2.12 bits per heavy atom. The fourth-order valence-corrected chi connectivity index (χ4v) is 5.67. The van der Waals surface area contributed by atoms with Crippen molar-refractivity contribution in [1.82, 2.24) is 0 Å². The van der Waals surface area contributed by atoms with Gasteiger partial charge in [-0.25, -0.2) is 0 Å². The van der Waals surface area contributed by atoms with Crippen molar-refractivity contribution < 1.29 is 9.90 Å². The SMILES string of the molecule is C=C1C[C@H]2CSC(C3CCC3C(=O)O)[C@H]2C1. The second kappa shape index (κ2) is 3.80. The lowest BCUT2D eigenvalue weighted by Gasteiger charge is -2.39. The molecule has 0 amide bonds. The summed E-state index contributed by atoms with van der Waals surface area (Å²) in [6.07, 6.45) is 4.38. The maximum atomic E-state index is 11.1. The molecule has 0 bridgehead atoms. The fourth-order valence-electron chi connectivity index (χ4n) is 3.70. The summed E-state index contributed by atoms with van der Waals surface area (Å²) >= 11 is 2.04. The molecule has 0 aromatic rings. The van der Waals surface area contributed by atoms with Crippen molar-refractivity contribution in [3.05, 3.63) is 12.2 Å². The van der Waals surface area contributed by atoms with E-state index < -0.39 is 5.97 Å². The summed E-state index contributed by atoms with van der Waals surface area (Å²) in [6.45, 7) is 4.10. The van der Waals surface area contributed by atoms with E-state index >= 15 is 0 Å². The highest BCUT2D eigenvalue weighted by Gasteiger charge is 2.50. The summed E-state index contributed by atoms with van der Waals surface area (Å²) in [6, 6.07) is 0. The zero-order valence-electron chi connectivity index (χ0n) is 9.39. The molecule has 3 heteroatoms. The van der Waals surface area contributed by atoms with E-state index in [4.69, 9.17) is 5.11 Å². The highest BCUT2D eigenvalue weighted by atomic mass is 32.2. The van der Waals surface area contributed by atoms with Crippen molar-refractivity contribution in [2.24, 2.45) is 23.7 Å². The Morgan fingerprint density at radius 3 is 2.75 bits per heavy atom. The van der Waals surface area contributed by atoms with E-state index in [-0.39, 0.29) is 5.92 Å². The van der Waals surface area contributed by atoms with Crippen LogP contribution in [-0.2, 0) is 4.79 Å². The van der Waals surface area contributed by atoms with E-state index in [1.165, 1.54) is 17.7 Å². The van der Waals surface area contributed by atoms with Gasteiger partial charge in [-0.1, -0.05) is 12.2 Å². The van der Waals surface area contributed by atoms with Gasteiger partial charge in [0.1, 0.15) is 0 Å². The average molecular weight is 238 g/mol. The van der Waals surface area contributed by atoms with E-state index in [9.17, 15) is 4.79 Å². The standard InChI is InChI=1S/C13H18O2S/c1-7-4-8-6-16-12(11(8)5-7)9-2-3-10(9)13(14)15/h8-12H,1-6H2,(H,14,15)/t8-,9?,10?,11-,12?/m0/s1. The number of carboxylic acid groups (broad SMARTS) is 1. The largest absolute Gasteiger partial charge is 0.481 e. The molecule has 1 N–H and O–H groups in total. The summed E-state index contributed by atoms with van der Waals surface area (Å²) in [5, 5.41) is 9.74. The van der Waals surface area contributed by atoms with E-state index in [1.54, 1.807) is 0 Å². The number of carbonyl (C=O) groups is 1. The molecule has 3 unspecified atom stereocenters. The lowest BCUT2D eigenvalue weighted by Crippen LogP contribution is -2.41. The first-order chi connectivity index (χ1) is 7.66. The molecule has 2 nitrogen and oxygen atoms in total. The molecule has 0 spiro atoms. The van der Waals surface area contributed by atoms with Crippen LogP contribution in [0.5, 0.6) is 0 Å². The van der Waals surface area contributed by atoms with Crippen LogP contribution < -0.4 is 0 Å². The van der Waals surface area contributed by atoms with E-state index in [0.717, 1.165) is 31.1 Å². The third kappa shape index (κ3) is 1.52. The fraction of sp³-hybridized carbons (Fsp3) is 0.769. The number of hydrogen-bond acceptors (Lipinski definition) is 2. The molecule has 1 saturated heterocycles. The second-order valence-corrected chi connectivity index (χ2v) is 6.78. The average Bonchev–Trinajstić information content (AvgIpc) is 2.63. The topological polar surface area (TPSA) is 37.3 Å². The first-order valence-electron chi connectivity index (χ1n) is 6.18. The van der Waals surface area contributed by atoms with Gasteiger partial charge in [0, 0.05) is 5.25 Å². The Hall–Kier alpha value is -0.440. The number of fused-ring (bicyclic) bond motifs is 1. The van der Waals surface area contributed by atoms with Gasteiger partial charge in [-0.3, -0.25) is 4.79 Å². The van der Waals surface area contributed by atoms with Crippen molar-refractivity contribution in [2.75, 3.05) is 5.75 Å². The minimum Gasteiger partial charge on any atom is -0.481 e. The molecule has 3 rings (SSSR count). The highest BCUT2D eigenvalue weighted by Crippen LogP contribution is 2.55. The Kier molecular flexibility index (Phi) is 2.54. The minimum absolute atomic E-state index is 0.0508. The Balaban J connectivity index is 1.72. The van der Waals surface area contributed by atoms with Gasteiger partial charge in [0.05, 0.1) is 5.92 Å². The molecule has 2 saturated carbocycles. The molecule has 1 aliphatic heterocycles. The highest BCUT2D eigenvalue weighted by molar-refractivity contribution is 8.00. The van der Waals surface area contributed by atoms with E-state index in [0.29, 0.717) is 11.2 Å². The van der Waals surface area contributed by atoms with Gasteiger partial charge < -0.3 is 5.11 Å². The second-order valence-electron chi connectivity index (χ2n) is 5.57. The zero-order chi connectivity index (χ0) is 11.3. The molecule has 0 aromatic carbocycles. The van der Waals surface area contributed by atoms with Crippen molar-refractivity contribution in [1.29, 1.82) is 0 Å². The Labute approximate surface area is 100 Å². The van der Waals surface area contributed by atoms with Crippen LogP contribution in [-0.4, -0.2) is 22.1 Å².